The van der Waals surface area contributed by atoms with Crippen molar-refractivity contribution in [2.24, 2.45) is 4.99 Å². The molecule has 8 heteroatoms. The molecule has 2 rings (SSSR count). The van der Waals surface area contributed by atoms with Gasteiger partial charge >= 0.3 is 0 Å². The molecule has 1 aromatic heterocycles. The van der Waals surface area contributed by atoms with Gasteiger partial charge in [0.05, 0.1) is 6.10 Å². The Labute approximate surface area is 162 Å². The number of aromatic nitrogens is 2. The van der Waals surface area contributed by atoms with Crippen LogP contribution < -0.4 is 5.32 Å². The fraction of sp³-hybridized carbons (Fsp3) is 0.842. The number of ether oxygens (including phenoxy) is 2. The number of hydrogen-bond acceptors (Lipinski definition) is 6. The monoisotopic (exact) mass is 381 g/mol. The fourth-order valence-electron chi connectivity index (χ4n) is 2.88. The molecule has 1 N–H and O–H groups in total. The molecule has 8 nitrogen and oxygen atoms in total. The van der Waals surface area contributed by atoms with E-state index in [4.69, 9.17) is 19.0 Å². The molecule has 0 amide bonds. The van der Waals surface area contributed by atoms with Gasteiger partial charge in [-0.25, -0.2) is 4.99 Å². The lowest BCUT2D eigenvalue weighted by Gasteiger charge is -2.34. The van der Waals surface area contributed by atoms with Crippen molar-refractivity contribution in [1.82, 2.24) is 20.4 Å². The molecular weight excluding hydrogens is 346 g/mol. The largest absolute Gasteiger partial charge is 0.385 e. The Hall–Kier alpha value is -1.67. The van der Waals surface area contributed by atoms with Gasteiger partial charge in [-0.1, -0.05) is 25.9 Å². The Balaban J connectivity index is 1.86. The van der Waals surface area contributed by atoms with Gasteiger partial charge in [-0.2, -0.15) is 4.98 Å². The Bertz CT molecular complexity index is 574. The van der Waals surface area contributed by atoms with Crippen LogP contribution in [0.15, 0.2) is 9.52 Å². The summed E-state index contributed by atoms with van der Waals surface area (Å²) in [6.07, 6.45) is 3.29. The SMILES string of the molecule is CCNC(=NCc1noc(C(C)(C)C)n1)N1CCC(OCCCOC)CC1. The number of piperidine rings is 1. The molecule has 27 heavy (non-hydrogen) atoms. The maximum Gasteiger partial charge on any atom is 0.232 e. The highest BCUT2D eigenvalue weighted by Gasteiger charge is 2.23. The summed E-state index contributed by atoms with van der Waals surface area (Å²) >= 11 is 0. The van der Waals surface area contributed by atoms with Crippen molar-refractivity contribution in [3.8, 4) is 0 Å². The predicted octanol–water partition coefficient (Wildman–Crippen LogP) is 2.35. The summed E-state index contributed by atoms with van der Waals surface area (Å²) in [6.45, 7) is 12.9. The molecule has 0 saturated carbocycles. The zero-order valence-corrected chi connectivity index (χ0v) is 17.5. The average molecular weight is 382 g/mol. The second-order valence-electron chi connectivity index (χ2n) is 7.84. The van der Waals surface area contributed by atoms with Crippen LogP contribution in [0.25, 0.3) is 0 Å². The first-order chi connectivity index (χ1) is 12.9. The fourth-order valence-corrected chi connectivity index (χ4v) is 2.88. The van der Waals surface area contributed by atoms with Crippen LogP contribution in [0, 0.1) is 0 Å². The second kappa shape index (κ2) is 10.6. The third kappa shape index (κ3) is 7.10. The topological polar surface area (TPSA) is 85.0 Å². The van der Waals surface area contributed by atoms with Crippen molar-refractivity contribution >= 4 is 5.96 Å². The summed E-state index contributed by atoms with van der Waals surface area (Å²) in [5.41, 5.74) is -0.148. The van der Waals surface area contributed by atoms with Crippen LogP contribution in [0.2, 0.25) is 0 Å². The van der Waals surface area contributed by atoms with Crippen LogP contribution in [-0.2, 0) is 21.4 Å². The normalized spacial score (nSPS) is 16.8. The van der Waals surface area contributed by atoms with E-state index in [0.29, 0.717) is 24.4 Å². The van der Waals surface area contributed by atoms with Crippen molar-refractivity contribution in [2.45, 2.75) is 65.0 Å². The number of guanidine groups is 1. The van der Waals surface area contributed by atoms with Crippen molar-refractivity contribution in [3.05, 3.63) is 11.7 Å². The lowest BCUT2D eigenvalue weighted by Crippen LogP contribution is -2.47. The van der Waals surface area contributed by atoms with Gasteiger partial charge in [0.15, 0.2) is 11.8 Å². The molecule has 1 aliphatic rings. The summed E-state index contributed by atoms with van der Waals surface area (Å²) in [6, 6.07) is 0. The molecule has 154 valence electrons. The zero-order valence-electron chi connectivity index (χ0n) is 17.5. The molecule has 0 bridgehead atoms. The minimum atomic E-state index is -0.148. The molecular formula is C19H35N5O3. The number of likely N-dealkylation sites (tertiary alicyclic amines) is 1. The summed E-state index contributed by atoms with van der Waals surface area (Å²) in [5, 5.41) is 7.42. The van der Waals surface area contributed by atoms with E-state index in [1.54, 1.807) is 7.11 Å². The van der Waals surface area contributed by atoms with Crippen LogP contribution in [0.5, 0.6) is 0 Å². The highest BCUT2D eigenvalue weighted by atomic mass is 16.5. The third-order valence-electron chi connectivity index (χ3n) is 4.40. The van der Waals surface area contributed by atoms with Gasteiger partial charge in [-0.15, -0.1) is 0 Å². The smallest absolute Gasteiger partial charge is 0.232 e. The second-order valence-corrected chi connectivity index (χ2v) is 7.84. The van der Waals surface area contributed by atoms with Crippen LogP contribution in [-0.4, -0.2) is 67.1 Å². The van der Waals surface area contributed by atoms with Crippen molar-refractivity contribution in [3.63, 3.8) is 0 Å². The van der Waals surface area contributed by atoms with Crippen molar-refractivity contribution in [1.29, 1.82) is 0 Å². The molecule has 1 aliphatic heterocycles. The lowest BCUT2D eigenvalue weighted by molar-refractivity contribution is 0.00990. The van der Waals surface area contributed by atoms with Gasteiger partial charge in [0, 0.05) is 45.4 Å². The van der Waals surface area contributed by atoms with Crippen LogP contribution in [0.4, 0.5) is 0 Å². The number of aliphatic imine (C=N–C) groups is 1. The quantitative estimate of drug-likeness (QED) is 0.420. The molecule has 0 unspecified atom stereocenters. The van der Waals surface area contributed by atoms with Gasteiger partial charge in [0.2, 0.25) is 5.89 Å². The Morgan fingerprint density at radius 2 is 2.04 bits per heavy atom. The van der Waals surface area contributed by atoms with Crippen molar-refractivity contribution in [2.75, 3.05) is 40.0 Å². The number of methoxy groups -OCH3 is 1. The molecule has 0 aromatic carbocycles. The molecule has 1 fully saturated rings. The maximum absolute atomic E-state index is 5.94. The van der Waals surface area contributed by atoms with E-state index in [1.807, 2.05) is 0 Å². The summed E-state index contributed by atoms with van der Waals surface area (Å²) in [7, 11) is 1.72. The molecule has 0 spiro atoms. The highest BCUT2D eigenvalue weighted by molar-refractivity contribution is 5.80. The Morgan fingerprint density at radius 1 is 1.30 bits per heavy atom. The van der Waals surface area contributed by atoms with E-state index in [2.05, 4.69) is 48.1 Å². The standard InChI is InChI=1S/C19H35N5O3/c1-6-20-18(21-14-16-22-17(27-23-16)19(2,3)4)24-10-8-15(9-11-24)26-13-7-12-25-5/h15H,6-14H2,1-5H3,(H,20,21). The first-order valence-corrected chi connectivity index (χ1v) is 9.91. The van der Waals surface area contributed by atoms with Crippen LogP contribution >= 0.6 is 0 Å². The number of hydrogen-bond donors (Lipinski definition) is 1. The highest BCUT2D eigenvalue weighted by Crippen LogP contribution is 2.20. The van der Waals surface area contributed by atoms with E-state index in [0.717, 1.165) is 58.1 Å². The van der Waals surface area contributed by atoms with Crippen LogP contribution in [0.3, 0.4) is 0 Å². The molecule has 0 radical (unpaired) electrons. The van der Waals surface area contributed by atoms with E-state index in [-0.39, 0.29) is 5.41 Å². The zero-order chi connectivity index (χ0) is 19.7. The van der Waals surface area contributed by atoms with E-state index in [1.165, 1.54) is 0 Å². The summed E-state index contributed by atoms with van der Waals surface area (Å²) < 4.78 is 16.3. The first kappa shape index (κ1) is 21.6. The van der Waals surface area contributed by atoms with Gasteiger partial charge < -0.3 is 24.2 Å². The Morgan fingerprint density at radius 3 is 2.63 bits per heavy atom. The predicted molar refractivity (Wildman–Crippen MR) is 105 cm³/mol. The van der Waals surface area contributed by atoms with Gasteiger partial charge in [-0.3, -0.25) is 0 Å². The molecule has 0 atom stereocenters. The van der Waals surface area contributed by atoms with Crippen LogP contribution in [0.1, 0.15) is 58.7 Å². The molecule has 1 aromatic rings. The molecule has 1 saturated heterocycles. The van der Waals surface area contributed by atoms with Gasteiger partial charge in [0.25, 0.3) is 0 Å². The number of rotatable bonds is 8. The van der Waals surface area contributed by atoms with E-state index >= 15 is 0 Å². The lowest BCUT2D eigenvalue weighted by atomic mass is 9.97. The van der Waals surface area contributed by atoms with E-state index in [9.17, 15) is 0 Å². The number of nitrogens with zero attached hydrogens (tertiary/aromatic N) is 4. The number of nitrogens with one attached hydrogen (secondary N) is 1. The average Bonchev–Trinajstić information content (AvgIpc) is 3.12. The minimum absolute atomic E-state index is 0.148. The van der Waals surface area contributed by atoms with Crippen molar-refractivity contribution < 1.29 is 14.0 Å². The van der Waals surface area contributed by atoms with E-state index < -0.39 is 0 Å². The third-order valence-corrected chi connectivity index (χ3v) is 4.40. The summed E-state index contributed by atoms with van der Waals surface area (Å²) in [5.74, 6) is 2.16. The maximum atomic E-state index is 5.94. The molecule has 0 aliphatic carbocycles. The first-order valence-electron chi connectivity index (χ1n) is 9.91. The van der Waals surface area contributed by atoms with Gasteiger partial charge in [-0.05, 0) is 26.2 Å². The minimum Gasteiger partial charge on any atom is -0.385 e. The Kier molecular flexibility index (Phi) is 8.50. The summed E-state index contributed by atoms with van der Waals surface area (Å²) in [4.78, 5) is 11.4. The van der Waals surface area contributed by atoms with Gasteiger partial charge in [0.1, 0.15) is 6.54 Å². The molecule has 2 heterocycles.